The predicted octanol–water partition coefficient (Wildman–Crippen LogP) is 2.35. The summed E-state index contributed by atoms with van der Waals surface area (Å²) in [6.07, 6.45) is 4.62. The Hall–Kier alpha value is -1.90. The average Bonchev–Trinajstić information content (AvgIpc) is 2.66. The lowest BCUT2D eigenvalue weighted by Gasteiger charge is -2.26. The molecule has 0 radical (unpaired) electrons. The van der Waals surface area contributed by atoms with Gasteiger partial charge in [0, 0.05) is 5.92 Å². The highest BCUT2D eigenvalue weighted by Crippen LogP contribution is 2.42. The second-order valence-corrected chi connectivity index (χ2v) is 4.92. The zero-order valence-electron chi connectivity index (χ0n) is 10.1. The first-order chi connectivity index (χ1) is 8.68. The highest BCUT2D eigenvalue weighted by Gasteiger charge is 2.49. The average molecular weight is 242 g/mol. The van der Waals surface area contributed by atoms with Crippen molar-refractivity contribution in [3.8, 4) is 0 Å². The van der Waals surface area contributed by atoms with Crippen molar-refractivity contribution in [2.75, 3.05) is 0 Å². The van der Waals surface area contributed by atoms with Gasteiger partial charge < -0.3 is 4.74 Å². The third-order valence-corrected chi connectivity index (χ3v) is 3.88. The maximum Gasteiger partial charge on any atom is 0.318 e. The maximum absolute atomic E-state index is 11.8. The van der Waals surface area contributed by atoms with E-state index in [1.165, 1.54) is 0 Å². The molecule has 92 valence electrons. The molecular weight excluding hydrogens is 228 g/mol. The smallest absolute Gasteiger partial charge is 0.318 e. The molecule has 1 heterocycles. The summed E-state index contributed by atoms with van der Waals surface area (Å²) in [6.45, 7) is 2.02. The van der Waals surface area contributed by atoms with E-state index in [0.717, 1.165) is 11.1 Å². The second kappa shape index (κ2) is 4.09. The van der Waals surface area contributed by atoms with E-state index in [1.54, 1.807) is 0 Å². The number of carbonyl (C=O) groups excluding carboxylic acids is 2. The van der Waals surface area contributed by atoms with Crippen LogP contribution in [0.2, 0.25) is 0 Å². The summed E-state index contributed by atoms with van der Waals surface area (Å²) in [5.74, 6) is -1.42. The minimum absolute atomic E-state index is 0.0381. The number of carbonyl (C=O) groups is 2. The second-order valence-electron chi connectivity index (χ2n) is 4.92. The fraction of sp³-hybridized carbons (Fsp3) is 0.333. The third-order valence-electron chi connectivity index (χ3n) is 3.88. The Balaban J connectivity index is 2.05. The summed E-state index contributed by atoms with van der Waals surface area (Å²) in [5, 5.41) is 0. The first kappa shape index (κ1) is 11.2. The van der Waals surface area contributed by atoms with Crippen LogP contribution >= 0.6 is 0 Å². The Morgan fingerprint density at radius 1 is 1.17 bits per heavy atom. The zero-order chi connectivity index (χ0) is 12.7. The molecule has 1 fully saturated rings. The van der Waals surface area contributed by atoms with E-state index in [1.807, 2.05) is 43.3 Å². The summed E-state index contributed by atoms with van der Waals surface area (Å²) in [5.41, 5.74) is 2.25. The molecule has 0 saturated carbocycles. The summed E-state index contributed by atoms with van der Waals surface area (Å²) >= 11 is 0. The van der Waals surface area contributed by atoms with E-state index in [0.29, 0.717) is 6.42 Å². The van der Waals surface area contributed by atoms with Gasteiger partial charge >= 0.3 is 11.9 Å². The molecule has 3 rings (SSSR count). The minimum Gasteiger partial charge on any atom is -0.393 e. The van der Waals surface area contributed by atoms with E-state index in [2.05, 4.69) is 0 Å². The molecule has 3 heteroatoms. The number of rotatable bonds is 1. The van der Waals surface area contributed by atoms with E-state index < -0.39 is 0 Å². The van der Waals surface area contributed by atoms with Gasteiger partial charge in [0.1, 0.15) is 0 Å². The van der Waals surface area contributed by atoms with Crippen LogP contribution in [0.25, 0.3) is 0 Å². The van der Waals surface area contributed by atoms with Crippen LogP contribution in [0.5, 0.6) is 0 Å². The van der Waals surface area contributed by atoms with Crippen LogP contribution in [-0.2, 0) is 14.3 Å². The van der Waals surface area contributed by atoms with E-state index in [4.69, 9.17) is 4.74 Å². The highest BCUT2D eigenvalue weighted by molar-refractivity contribution is 5.97. The molecule has 0 amide bonds. The molecule has 2 aliphatic rings. The molecule has 1 saturated heterocycles. The van der Waals surface area contributed by atoms with E-state index in [9.17, 15) is 9.59 Å². The number of esters is 2. The number of allylic oxidation sites excluding steroid dienone is 2. The molecule has 3 nitrogen and oxygen atoms in total. The molecular formula is C15H14O3. The quantitative estimate of drug-likeness (QED) is 0.431. The van der Waals surface area contributed by atoms with Gasteiger partial charge in [-0.2, -0.15) is 0 Å². The van der Waals surface area contributed by atoms with Crippen molar-refractivity contribution in [2.45, 2.75) is 19.3 Å². The molecule has 0 spiro atoms. The summed E-state index contributed by atoms with van der Waals surface area (Å²) < 4.78 is 4.78. The van der Waals surface area contributed by atoms with Gasteiger partial charge in [0.25, 0.3) is 0 Å². The number of aryl methyl sites for hydroxylation is 1. The van der Waals surface area contributed by atoms with Gasteiger partial charge in [0.15, 0.2) is 0 Å². The van der Waals surface area contributed by atoms with Crippen molar-refractivity contribution < 1.29 is 14.3 Å². The SMILES string of the molecule is Cc1ccccc1[C@@H]1C=CC[C@H]2C(=O)OC(=O)[C@H]21. The van der Waals surface area contributed by atoms with Crippen molar-refractivity contribution in [3.05, 3.63) is 47.5 Å². The Morgan fingerprint density at radius 3 is 2.72 bits per heavy atom. The van der Waals surface area contributed by atoms with Crippen molar-refractivity contribution >= 4 is 11.9 Å². The lowest BCUT2D eigenvalue weighted by molar-refractivity contribution is -0.153. The van der Waals surface area contributed by atoms with Crippen molar-refractivity contribution in [1.29, 1.82) is 0 Å². The Labute approximate surface area is 105 Å². The number of hydrogen-bond acceptors (Lipinski definition) is 3. The van der Waals surface area contributed by atoms with Crippen molar-refractivity contribution in [3.63, 3.8) is 0 Å². The van der Waals surface area contributed by atoms with Crippen LogP contribution in [0, 0.1) is 18.8 Å². The normalized spacial score (nSPS) is 30.2. The van der Waals surface area contributed by atoms with Gasteiger partial charge in [-0.25, -0.2) is 0 Å². The molecule has 0 N–H and O–H groups in total. The lowest BCUT2D eigenvalue weighted by atomic mass is 9.73. The van der Waals surface area contributed by atoms with Gasteiger partial charge in [0.2, 0.25) is 0 Å². The van der Waals surface area contributed by atoms with Gasteiger partial charge in [-0.3, -0.25) is 9.59 Å². The summed E-state index contributed by atoms with van der Waals surface area (Å²) in [6, 6.07) is 7.97. The first-order valence-electron chi connectivity index (χ1n) is 6.16. The topological polar surface area (TPSA) is 43.4 Å². The molecule has 1 aliphatic heterocycles. The minimum atomic E-state index is -0.373. The van der Waals surface area contributed by atoms with Crippen LogP contribution < -0.4 is 0 Å². The van der Waals surface area contributed by atoms with Crippen LogP contribution in [0.15, 0.2) is 36.4 Å². The molecule has 0 bridgehead atoms. The maximum atomic E-state index is 11.8. The number of cyclic esters (lactones) is 2. The van der Waals surface area contributed by atoms with Gasteiger partial charge in [-0.15, -0.1) is 0 Å². The number of fused-ring (bicyclic) bond motifs is 1. The summed E-state index contributed by atoms with van der Waals surface area (Å²) in [7, 11) is 0. The number of hydrogen-bond donors (Lipinski definition) is 0. The lowest BCUT2D eigenvalue weighted by Crippen LogP contribution is -2.26. The molecule has 18 heavy (non-hydrogen) atoms. The van der Waals surface area contributed by atoms with Crippen LogP contribution in [-0.4, -0.2) is 11.9 Å². The first-order valence-corrected chi connectivity index (χ1v) is 6.16. The van der Waals surface area contributed by atoms with Crippen molar-refractivity contribution in [1.82, 2.24) is 0 Å². The van der Waals surface area contributed by atoms with Gasteiger partial charge in [-0.05, 0) is 24.5 Å². The molecule has 1 aromatic rings. The zero-order valence-corrected chi connectivity index (χ0v) is 10.1. The van der Waals surface area contributed by atoms with E-state index in [-0.39, 0.29) is 29.7 Å². The third kappa shape index (κ3) is 1.58. The van der Waals surface area contributed by atoms with Gasteiger partial charge in [-0.1, -0.05) is 36.4 Å². The van der Waals surface area contributed by atoms with E-state index >= 15 is 0 Å². The monoisotopic (exact) mass is 242 g/mol. The van der Waals surface area contributed by atoms with Crippen LogP contribution in [0.1, 0.15) is 23.5 Å². The molecule has 1 aromatic carbocycles. The molecule has 0 aromatic heterocycles. The Kier molecular flexibility index (Phi) is 2.54. The van der Waals surface area contributed by atoms with Crippen molar-refractivity contribution in [2.24, 2.45) is 11.8 Å². The Bertz CT molecular complexity index is 544. The molecule has 0 unspecified atom stereocenters. The molecule has 1 aliphatic carbocycles. The fourth-order valence-corrected chi connectivity index (χ4v) is 2.94. The predicted molar refractivity (Wildman–Crippen MR) is 65.8 cm³/mol. The number of ether oxygens (including phenoxy) is 1. The summed E-state index contributed by atoms with van der Waals surface area (Å²) in [4.78, 5) is 23.4. The fourth-order valence-electron chi connectivity index (χ4n) is 2.94. The Morgan fingerprint density at radius 2 is 1.94 bits per heavy atom. The van der Waals surface area contributed by atoms with Crippen LogP contribution in [0.4, 0.5) is 0 Å². The van der Waals surface area contributed by atoms with Gasteiger partial charge in [0.05, 0.1) is 11.8 Å². The largest absolute Gasteiger partial charge is 0.393 e. The standard InChI is InChI=1S/C15H14O3/c1-9-5-2-3-6-10(9)11-7-4-8-12-13(11)15(17)18-14(12)16/h2-7,11-13H,8H2,1H3/t11-,12+,13-/m0/s1. The highest BCUT2D eigenvalue weighted by atomic mass is 16.6. The van der Waals surface area contributed by atoms with Crippen LogP contribution in [0.3, 0.4) is 0 Å². The molecule has 3 atom stereocenters. The number of benzene rings is 1.